The molecule has 0 atom stereocenters. The molecule has 0 aliphatic heterocycles. The summed E-state index contributed by atoms with van der Waals surface area (Å²) in [4.78, 5) is 0. The molecule has 7 heteroatoms. The highest BCUT2D eigenvalue weighted by atomic mass is 28.5. The highest BCUT2D eigenvalue weighted by molar-refractivity contribution is 6.58. The van der Waals surface area contributed by atoms with Crippen molar-refractivity contribution in [1.82, 2.24) is 0 Å². The third-order valence-corrected chi connectivity index (χ3v) is 5.21. The van der Waals surface area contributed by atoms with E-state index in [0.29, 0.717) is 12.5 Å². The third-order valence-electron chi connectivity index (χ3n) is 2.38. The summed E-state index contributed by atoms with van der Waals surface area (Å²) in [5.41, 5.74) is 0. The van der Waals surface area contributed by atoms with Crippen LogP contribution in [0.2, 0.25) is 18.1 Å². The zero-order chi connectivity index (χ0) is 12.4. The van der Waals surface area contributed by atoms with Crippen LogP contribution in [0.15, 0.2) is 0 Å². The summed E-state index contributed by atoms with van der Waals surface area (Å²) in [6.45, 7) is 0. The second kappa shape index (κ2) is 9.15. The highest BCUT2D eigenvalue weighted by Crippen LogP contribution is 2.19. The standard InChI is InChI=1S/C9H19F5Si2/c10-9(11)5-7-15-6-3-1-2-4-8-16(12,13)14/h9H,1-8,15H2. The first-order valence-electron chi connectivity index (χ1n) is 5.77. The van der Waals surface area contributed by atoms with E-state index in [0.717, 1.165) is 18.9 Å². The molecule has 0 nitrogen and oxygen atoms in total. The van der Waals surface area contributed by atoms with Crippen LogP contribution in [0.3, 0.4) is 0 Å². The van der Waals surface area contributed by atoms with E-state index in [1.807, 2.05) is 0 Å². The zero-order valence-electron chi connectivity index (χ0n) is 9.33. The van der Waals surface area contributed by atoms with E-state index in [9.17, 15) is 21.1 Å². The Kier molecular flexibility index (Phi) is 9.20. The number of rotatable bonds is 10. The van der Waals surface area contributed by atoms with Crippen LogP contribution in [-0.4, -0.2) is 25.0 Å². The Balaban J connectivity index is 3.05. The first-order chi connectivity index (χ1) is 7.42. The number of alkyl halides is 2. The monoisotopic (exact) mass is 278 g/mol. The lowest BCUT2D eigenvalue weighted by Crippen LogP contribution is -2.13. The molecular formula is C9H19F5Si2. The van der Waals surface area contributed by atoms with Gasteiger partial charge in [-0.25, -0.2) is 21.1 Å². The largest absolute Gasteiger partial charge is 0.616 e. The molecular weight excluding hydrogens is 259 g/mol. The molecule has 0 spiro atoms. The van der Waals surface area contributed by atoms with Gasteiger partial charge in [0.2, 0.25) is 6.43 Å². The van der Waals surface area contributed by atoms with Crippen molar-refractivity contribution in [2.75, 3.05) is 0 Å². The molecule has 0 saturated carbocycles. The van der Waals surface area contributed by atoms with Gasteiger partial charge in [-0.15, -0.1) is 0 Å². The smallest absolute Gasteiger partial charge is 0.238 e. The molecule has 0 heterocycles. The lowest BCUT2D eigenvalue weighted by atomic mass is 10.2. The van der Waals surface area contributed by atoms with Gasteiger partial charge in [-0.3, -0.25) is 0 Å². The van der Waals surface area contributed by atoms with Gasteiger partial charge in [-0.2, -0.15) is 0 Å². The SMILES string of the molecule is FC(F)CC[SiH2]CCCCCC[Si](F)(F)F. The summed E-state index contributed by atoms with van der Waals surface area (Å²) in [5, 5.41) is 0. The third kappa shape index (κ3) is 14.1. The minimum atomic E-state index is -5.33. The Morgan fingerprint density at radius 1 is 0.875 bits per heavy atom. The van der Waals surface area contributed by atoms with E-state index in [2.05, 4.69) is 0 Å². The van der Waals surface area contributed by atoms with E-state index < -0.39 is 21.5 Å². The predicted octanol–water partition coefficient (Wildman–Crippen LogP) is 4.05. The molecule has 16 heavy (non-hydrogen) atoms. The Labute approximate surface area is 97.0 Å². The fraction of sp³-hybridized carbons (Fsp3) is 1.00. The van der Waals surface area contributed by atoms with Gasteiger partial charge in [0.15, 0.2) is 0 Å². The maximum absolute atomic E-state index is 11.9. The molecule has 0 aliphatic carbocycles. The van der Waals surface area contributed by atoms with Crippen LogP contribution in [0, 0.1) is 0 Å². The maximum atomic E-state index is 11.9. The molecule has 0 amide bonds. The second-order valence-electron chi connectivity index (χ2n) is 4.02. The minimum Gasteiger partial charge on any atom is -0.238 e. The fourth-order valence-corrected chi connectivity index (χ4v) is 3.82. The zero-order valence-corrected chi connectivity index (χ0v) is 11.7. The van der Waals surface area contributed by atoms with Crippen molar-refractivity contribution in [1.29, 1.82) is 0 Å². The Bertz CT molecular complexity index is 160. The highest BCUT2D eigenvalue weighted by Gasteiger charge is 2.35. The van der Waals surface area contributed by atoms with Gasteiger partial charge in [0.1, 0.15) is 0 Å². The molecule has 0 N–H and O–H groups in total. The molecule has 98 valence electrons. The molecule has 0 aliphatic rings. The lowest BCUT2D eigenvalue weighted by molar-refractivity contribution is 0.144. The van der Waals surface area contributed by atoms with Crippen molar-refractivity contribution in [2.45, 2.75) is 56.7 Å². The van der Waals surface area contributed by atoms with Crippen LogP contribution < -0.4 is 0 Å². The van der Waals surface area contributed by atoms with Gasteiger partial charge in [0.25, 0.3) is 0 Å². The molecule has 0 aromatic carbocycles. The summed E-state index contributed by atoms with van der Waals surface area (Å²) < 4.78 is 59.1. The Morgan fingerprint density at radius 2 is 1.50 bits per heavy atom. The molecule has 0 unspecified atom stereocenters. The molecule has 0 bridgehead atoms. The first kappa shape index (κ1) is 16.1. The summed E-state index contributed by atoms with van der Waals surface area (Å²) in [7, 11) is -5.71. The van der Waals surface area contributed by atoms with E-state index in [-0.39, 0.29) is 22.4 Å². The van der Waals surface area contributed by atoms with E-state index >= 15 is 0 Å². The van der Waals surface area contributed by atoms with E-state index in [4.69, 9.17) is 0 Å². The van der Waals surface area contributed by atoms with Crippen molar-refractivity contribution in [3.05, 3.63) is 0 Å². The van der Waals surface area contributed by atoms with Crippen LogP contribution in [0.4, 0.5) is 21.1 Å². The van der Waals surface area contributed by atoms with Gasteiger partial charge in [-0.1, -0.05) is 31.4 Å². The maximum Gasteiger partial charge on any atom is 0.616 e. The first-order valence-corrected chi connectivity index (χ1v) is 9.61. The molecule has 0 saturated heterocycles. The lowest BCUT2D eigenvalue weighted by Gasteiger charge is -2.03. The number of hydrogen-bond donors (Lipinski definition) is 0. The average Bonchev–Trinajstić information content (AvgIpc) is 2.13. The molecule has 0 fully saturated rings. The van der Waals surface area contributed by atoms with Gasteiger partial charge < -0.3 is 0 Å². The van der Waals surface area contributed by atoms with Crippen LogP contribution in [0.5, 0.6) is 0 Å². The molecule has 0 aromatic rings. The van der Waals surface area contributed by atoms with Crippen LogP contribution in [0.1, 0.15) is 32.1 Å². The van der Waals surface area contributed by atoms with Gasteiger partial charge >= 0.3 is 9.08 Å². The van der Waals surface area contributed by atoms with Crippen LogP contribution in [0.25, 0.3) is 0 Å². The van der Waals surface area contributed by atoms with E-state index in [1.54, 1.807) is 0 Å². The van der Waals surface area contributed by atoms with Crippen LogP contribution >= 0.6 is 0 Å². The number of unbranched alkanes of at least 4 members (excludes halogenated alkanes) is 3. The minimum absolute atomic E-state index is 0.00585. The van der Waals surface area contributed by atoms with Crippen molar-refractivity contribution in [2.24, 2.45) is 0 Å². The summed E-state index contributed by atoms with van der Waals surface area (Å²) in [6.07, 6.45) is 0.459. The molecule has 0 rings (SSSR count). The average molecular weight is 278 g/mol. The predicted molar refractivity (Wildman–Crippen MR) is 61.1 cm³/mol. The quantitative estimate of drug-likeness (QED) is 0.245. The normalized spacial score (nSPS) is 13.1. The van der Waals surface area contributed by atoms with Crippen LogP contribution in [-0.2, 0) is 0 Å². The Morgan fingerprint density at radius 3 is 2.06 bits per heavy atom. The number of halogens is 5. The fourth-order valence-electron chi connectivity index (χ4n) is 1.51. The van der Waals surface area contributed by atoms with Crippen molar-refractivity contribution in [3.8, 4) is 0 Å². The van der Waals surface area contributed by atoms with Crippen molar-refractivity contribution >= 4 is 18.6 Å². The topological polar surface area (TPSA) is 0 Å². The van der Waals surface area contributed by atoms with Crippen molar-refractivity contribution in [3.63, 3.8) is 0 Å². The van der Waals surface area contributed by atoms with Crippen molar-refractivity contribution < 1.29 is 21.1 Å². The van der Waals surface area contributed by atoms with Gasteiger partial charge in [-0.05, 0) is 6.42 Å². The van der Waals surface area contributed by atoms with E-state index in [1.165, 1.54) is 0 Å². The number of hydrogen-bond acceptors (Lipinski definition) is 0. The molecule has 0 radical (unpaired) electrons. The summed E-state index contributed by atoms with van der Waals surface area (Å²) >= 11 is 0. The summed E-state index contributed by atoms with van der Waals surface area (Å²) in [6, 6.07) is 1.10. The van der Waals surface area contributed by atoms with Gasteiger partial charge in [0, 0.05) is 22.0 Å². The Hall–Kier alpha value is 0.0838. The second-order valence-corrected chi connectivity index (χ2v) is 7.87. The van der Waals surface area contributed by atoms with Gasteiger partial charge in [0.05, 0.1) is 0 Å². The summed E-state index contributed by atoms with van der Waals surface area (Å²) in [5.74, 6) is 0. The molecule has 0 aromatic heterocycles.